The predicted octanol–water partition coefficient (Wildman–Crippen LogP) is 3.83. The second-order valence-electron chi connectivity index (χ2n) is 6.66. The Morgan fingerprint density at radius 2 is 1.77 bits per heavy atom. The lowest BCUT2D eigenvalue weighted by molar-refractivity contribution is 0.132. The van der Waals surface area contributed by atoms with Crippen LogP contribution in [0.15, 0.2) is 42.5 Å². The molecule has 0 bridgehead atoms. The summed E-state index contributed by atoms with van der Waals surface area (Å²) in [6.45, 7) is 7.18. The maximum absolute atomic E-state index is 9.57. The predicted molar refractivity (Wildman–Crippen MR) is 92.9 cm³/mol. The van der Waals surface area contributed by atoms with Crippen LogP contribution in [0.25, 0.3) is 21.8 Å². The van der Waals surface area contributed by atoms with Gasteiger partial charge >= 0.3 is 0 Å². The van der Waals surface area contributed by atoms with Crippen molar-refractivity contribution < 1.29 is 5.11 Å². The Morgan fingerprint density at radius 1 is 1.09 bits per heavy atom. The molecule has 0 saturated carbocycles. The maximum Gasteiger partial charge on any atom is 0.0500 e. The highest BCUT2D eigenvalue weighted by Gasteiger charge is 2.27. The maximum atomic E-state index is 9.57. The van der Waals surface area contributed by atoms with Gasteiger partial charge in [-0.05, 0) is 30.7 Å². The SMILES string of the molecule is CCn1c2ccccc2c2cc([C@H](N)C(C)(C)CO)ccc21. The zero-order valence-electron chi connectivity index (χ0n) is 13.5. The van der Waals surface area contributed by atoms with Gasteiger partial charge < -0.3 is 15.4 Å². The van der Waals surface area contributed by atoms with E-state index in [0.29, 0.717) is 0 Å². The van der Waals surface area contributed by atoms with Crippen LogP contribution in [0.3, 0.4) is 0 Å². The van der Waals surface area contributed by atoms with Crippen molar-refractivity contribution in [2.75, 3.05) is 6.61 Å². The minimum absolute atomic E-state index is 0.0723. The third-order valence-corrected chi connectivity index (χ3v) is 4.72. The van der Waals surface area contributed by atoms with Crippen molar-refractivity contribution in [2.24, 2.45) is 11.1 Å². The molecule has 0 spiro atoms. The highest BCUT2D eigenvalue weighted by molar-refractivity contribution is 6.08. The fourth-order valence-corrected chi connectivity index (χ4v) is 3.15. The Hall–Kier alpha value is -1.84. The summed E-state index contributed by atoms with van der Waals surface area (Å²) in [5.41, 5.74) is 9.62. The van der Waals surface area contributed by atoms with Crippen molar-refractivity contribution in [3.05, 3.63) is 48.0 Å². The molecule has 0 fully saturated rings. The minimum atomic E-state index is -0.337. The molecule has 0 aliphatic carbocycles. The lowest BCUT2D eigenvalue weighted by Gasteiger charge is -2.29. The fraction of sp³-hybridized carbons (Fsp3) is 0.368. The largest absolute Gasteiger partial charge is 0.396 e. The highest BCUT2D eigenvalue weighted by Crippen LogP contribution is 2.35. The van der Waals surface area contributed by atoms with Crippen molar-refractivity contribution in [1.29, 1.82) is 0 Å². The van der Waals surface area contributed by atoms with E-state index in [1.54, 1.807) is 0 Å². The number of nitrogens with two attached hydrogens (primary N) is 1. The first kappa shape index (κ1) is 15.1. The van der Waals surface area contributed by atoms with Gasteiger partial charge in [-0.1, -0.05) is 38.1 Å². The lowest BCUT2D eigenvalue weighted by atomic mass is 9.81. The van der Waals surface area contributed by atoms with E-state index in [4.69, 9.17) is 5.73 Å². The zero-order valence-corrected chi connectivity index (χ0v) is 13.5. The van der Waals surface area contributed by atoms with Gasteiger partial charge in [0.25, 0.3) is 0 Å². The number of aryl methyl sites for hydroxylation is 1. The van der Waals surface area contributed by atoms with E-state index in [9.17, 15) is 5.11 Å². The van der Waals surface area contributed by atoms with Crippen LogP contribution in [0.1, 0.15) is 32.4 Å². The molecule has 0 aliphatic rings. The van der Waals surface area contributed by atoms with E-state index in [2.05, 4.69) is 54.0 Å². The van der Waals surface area contributed by atoms with Crippen LogP contribution in [0.4, 0.5) is 0 Å². The van der Waals surface area contributed by atoms with Gasteiger partial charge in [0.2, 0.25) is 0 Å². The molecule has 3 aromatic rings. The van der Waals surface area contributed by atoms with E-state index >= 15 is 0 Å². The number of aromatic nitrogens is 1. The van der Waals surface area contributed by atoms with E-state index < -0.39 is 0 Å². The molecule has 116 valence electrons. The molecule has 3 nitrogen and oxygen atoms in total. The van der Waals surface area contributed by atoms with Crippen LogP contribution in [-0.4, -0.2) is 16.3 Å². The van der Waals surface area contributed by atoms with Crippen LogP contribution in [-0.2, 0) is 6.54 Å². The third kappa shape index (κ3) is 2.21. The van der Waals surface area contributed by atoms with Crippen molar-refractivity contribution >= 4 is 21.8 Å². The van der Waals surface area contributed by atoms with Crippen LogP contribution in [0, 0.1) is 5.41 Å². The summed E-state index contributed by atoms with van der Waals surface area (Å²) in [6.07, 6.45) is 0. The van der Waals surface area contributed by atoms with Crippen LogP contribution in [0.5, 0.6) is 0 Å². The van der Waals surface area contributed by atoms with Crippen molar-refractivity contribution in [3.8, 4) is 0 Å². The average Bonchev–Trinajstić information content (AvgIpc) is 2.87. The Balaban J connectivity index is 2.24. The van der Waals surface area contributed by atoms with Gasteiger partial charge in [-0.15, -0.1) is 0 Å². The summed E-state index contributed by atoms with van der Waals surface area (Å²) < 4.78 is 2.33. The molecule has 1 heterocycles. The van der Waals surface area contributed by atoms with Crippen LogP contribution >= 0.6 is 0 Å². The monoisotopic (exact) mass is 296 g/mol. The summed E-state index contributed by atoms with van der Waals surface area (Å²) in [7, 11) is 0. The van der Waals surface area contributed by atoms with Gasteiger partial charge in [-0.3, -0.25) is 0 Å². The van der Waals surface area contributed by atoms with E-state index in [0.717, 1.165) is 12.1 Å². The Labute approximate surface area is 131 Å². The molecule has 0 saturated heterocycles. The van der Waals surface area contributed by atoms with Gasteiger partial charge in [-0.25, -0.2) is 0 Å². The molecule has 22 heavy (non-hydrogen) atoms. The van der Waals surface area contributed by atoms with Crippen LogP contribution < -0.4 is 5.73 Å². The second-order valence-corrected chi connectivity index (χ2v) is 6.66. The molecular formula is C19H24N2O. The van der Waals surface area contributed by atoms with Gasteiger partial charge in [0.15, 0.2) is 0 Å². The molecule has 1 aromatic heterocycles. The Morgan fingerprint density at radius 3 is 2.45 bits per heavy atom. The molecule has 0 unspecified atom stereocenters. The van der Waals surface area contributed by atoms with Crippen molar-refractivity contribution in [1.82, 2.24) is 4.57 Å². The van der Waals surface area contributed by atoms with Crippen molar-refractivity contribution in [2.45, 2.75) is 33.4 Å². The molecule has 3 rings (SSSR count). The molecule has 2 aromatic carbocycles. The topological polar surface area (TPSA) is 51.2 Å². The van der Waals surface area contributed by atoms with E-state index in [1.807, 2.05) is 13.8 Å². The average molecular weight is 296 g/mol. The number of benzene rings is 2. The number of aliphatic hydroxyl groups excluding tert-OH is 1. The number of hydrogen-bond acceptors (Lipinski definition) is 2. The minimum Gasteiger partial charge on any atom is -0.396 e. The first-order chi connectivity index (χ1) is 10.5. The standard InChI is InChI=1S/C19H24N2O/c1-4-21-16-8-6-5-7-14(16)15-11-13(9-10-17(15)21)18(20)19(2,3)12-22/h5-11,18,22H,4,12,20H2,1-3H3/t18-/m0/s1. The number of rotatable bonds is 4. The number of hydrogen-bond donors (Lipinski definition) is 2. The highest BCUT2D eigenvalue weighted by atomic mass is 16.3. The smallest absolute Gasteiger partial charge is 0.0500 e. The van der Waals surface area contributed by atoms with Gasteiger partial charge in [0.1, 0.15) is 0 Å². The Bertz CT molecular complexity index is 817. The van der Waals surface area contributed by atoms with Gasteiger partial charge in [-0.2, -0.15) is 0 Å². The second kappa shape index (κ2) is 5.41. The number of para-hydroxylation sites is 1. The van der Waals surface area contributed by atoms with E-state index in [1.165, 1.54) is 21.8 Å². The van der Waals surface area contributed by atoms with Crippen molar-refractivity contribution in [3.63, 3.8) is 0 Å². The molecule has 0 radical (unpaired) electrons. The summed E-state index contributed by atoms with van der Waals surface area (Å²) in [5, 5.41) is 12.1. The first-order valence-corrected chi connectivity index (χ1v) is 7.87. The zero-order chi connectivity index (χ0) is 15.9. The number of fused-ring (bicyclic) bond motifs is 3. The summed E-state index contributed by atoms with van der Waals surface area (Å²) in [4.78, 5) is 0. The molecule has 0 amide bonds. The molecular weight excluding hydrogens is 272 g/mol. The van der Waals surface area contributed by atoms with E-state index in [-0.39, 0.29) is 18.1 Å². The molecule has 3 N–H and O–H groups in total. The normalized spacial score (nSPS) is 13.9. The molecule has 0 aliphatic heterocycles. The molecule has 3 heteroatoms. The summed E-state index contributed by atoms with van der Waals surface area (Å²) in [5.74, 6) is 0. The lowest BCUT2D eigenvalue weighted by Crippen LogP contribution is -2.32. The molecule has 1 atom stereocenters. The fourth-order valence-electron chi connectivity index (χ4n) is 3.15. The quantitative estimate of drug-likeness (QED) is 0.768. The number of aliphatic hydroxyl groups is 1. The third-order valence-electron chi connectivity index (χ3n) is 4.72. The van der Waals surface area contributed by atoms with Gasteiger partial charge in [0.05, 0.1) is 0 Å². The van der Waals surface area contributed by atoms with Gasteiger partial charge in [0, 0.05) is 46.4 Å². The van der Waals surface area contributed by atoms with Crippen LogP contribution in [0.2, 0.25) is 0 Å². The Kier molecular flexibility index (Phi) is 3.71. The summed E-state index contributed by atoms with van der Waals surface area (Å²) >= 11 is 0. The first-order valence-electron chi connectivity index (χ1n) is 7.87. The summed E-state index contributed by atoms with van der Waals surface area (Å²) in [6, 6.07) is 14.7. The number of nitrogens with zero attached hydrogens (tertiary/aromatic N) is 1.